The van der Waals surface area contributed by atoms with Gasteiger partial charge in [-0.1, -0.05) is 0 Å². The van der Waals surface area contributed by atoms with E-state index in [0.717, 1.165) is 58.4 Å². The van der Waals surface area contributed by atoms with Crippen LogP contribution in [0.3, 0.4) is 0 Å². The summed E-state index contributed by atoms with van der Waals surface area (Å²) >= 11 is 0. The number of likely N-dealkylation sites (tertiary alicyclic amines) is 1. The Kier molecular flexibility index (Phi) is 5.16. The summed E-state index contributed by atoms with van der Waals surface area (Å²) in [6, 6.07) is 0.936. The Labute approximate surface area is 139 Å². The van der Waals surface area contributed by atoms with Crippen LogP contribution in [0.25, 0.3) is 0 Å². The minimum Gasteiger partial charge on any atom is -0.322 e. The number of piperazine rings is 1. The topological polar surface area (TPSA) is 60.9 Å². The number of carbonyl (C=O) groups is 1. The maximum Gasteiger partial charge on any atom is 0.320 e. The van der Waals surface area contributed by atoms with Gasteiger partial charge < -0.3 is 9.80 Å². The van der Waals surface area contributed by atoms with Crippen LogP contribution in [0.1, 0.15) is 39.0 Å². The molecular weight excluding hydrogens is 314 g/mol. The number of carbonyl (C=O) groups excluding carboxylic acids is 1. The molecule has 3 heterocycles. The number of hydrogen-bond donors (Lipinski definition) is 0. The maximum atomic E-state index is 12.7. The molecule has 23 heavy (non-hydrogen) atoms. The number of amides is 2. The lowest BCUT2D eigenvalue weighted by molar-refractivity contribution is 0.0750. The van der Waals surface area contributed by atoms with Crippen LogP contribution in [0.2, 0.25) is 0 Å². The molecule has 132 valence electrons. The van der Waals surface area contributed by atoms with E-state index in [1.54, 1.807) is 0 Å². The van der Waals surface area contributed by atoms with Gasteiger partial charge in [0.25, 0.3) is 0 Å². The Hall–Kier alpha value is -0.820. The van der Waals surface area contributed by atoms with Gasteiger partial charge >= 0.3 is 6.03 Å². The summed E-state index contributed by atoms with van der Waals surface area (Å²) in [5, 5.41) is 0. The predicted octanol–water partition coefficient (Wildman–Crippen LogP) is 1.18. The van der Waals surface area contributed by atoms with E-state index in [4.69, 9.17) is 0 Å². The van der Waals surface area contributed by atoms with Crippen molar-refractivity contribution < 1.29 is 13.2 Å². The van der Waals surface area contributed by atoms with E-state index >= 15 is 0 Å². The van der Waals surface area contributed by atoms with Crippen molar-refractivity contribution in [2.45, 2.75) is 51.1 Å². The molecule has 0 bridgehead atoms. The molecule has 3 rings (SSSR count). The minimum atomic E-state index is -2.80. The fourth-order valence-electron chi connectivity index (χ4n) is 4.09. The van der Waals surface area contributed by atoms with Crippen LogP contribution >= 0.6 is 0 Å². The van der Waals surface area contributed by atoms with Gasteiger partial charge in [0.15, 0.2) is 0 Å². The molecule has 1 atom stereocenters. The second-order valence-corrected chi connectivity index (χ2v) is 9.53. The summed E-state index contributed by atoms with van der Waals surface area (Å²) in [5.41, 5.74) is 0. The highest BCUT2D eigenvalue weighted by Gasteiger charge is 2.33. The highest BCUT2D eigenvalue weighted by Crippen LogP contribution is 2.22. The molecular formula is C16H29N3O3S. The molecule has 0 aliphatic carbocycles. The molecule has 3 aliphatic heterocycles. The SMILES string of the molecule is CC1CCCCN1C(=O)N1CCN(C2CCS(=O)(=O)CC2)CC1. The summed E-state index contributed by atoms with van der Waals surface area (Å²) in [6.07, 6.45) is 4.96. The van der Waals surface area contributed by atoms with E-state index in [2.05, 4.69) is 11.8 Å². The lowest BCUT2D eigenvalue weighted by Gasteiger charge is -2.43. The molecule has 0 aromatic carbocycles. The maximum absolute atomic E-state index is 12.7. The van der Waals surface area contributed by atoms with Crippen LogP contribution in [0.5, 0.6) is 0 Å². The first-order valence-electron chi connectivity index (χ1n) is 8.96. The molecule has 0 saturated carbocycles. The molecule has 1 unspecified atom stereocenters. The monoisotopic (exact) mass is 343 g/mol. The van der Waals surface area contributed by atoms with Gasteiger partial charge in [-0.15, -0.1) is 0 Å². The third kappa shape index (κ3) is 3.99. The highest BCUT2D eigenvalue weighted by atomic mass is 32.2. The molecule has 0 aromatic heterocycles. The Morgan fingerprint density at radius 3 is 2.17 bits per heavy atom. The van der Waals surface area contributed by atoms with Gasteiger partial charge in [-0.3, -0.25) is 4.90 Å². The lowest BCUT2D eigenvalue weighted by Crippen LogP contribution is -2.57. The largest absolute Gasteiger partial charge is 0.322 e. The summed E-state index contributed by atoms with van der Waals surface area (Å²) in [7, 11) is -2.80. The molecule has 0 aromatic rings. The van der Waals surface area contributed by atoms with Crippen molar-refractivity contribution >= 4 is 15.9 Å². The molecule has 7 heteroatoms. The van der Waals surface area contributed by atoms with Gasteiger partial charge in [-0.2, -0.15) is 0 Å². The molecule has 3 saturated heterocycles. The van der Waals surface area contributed by atoms with Crippen molar-refractivity contribution in [3.8, 4) is 0 Å². The number of nitrogens with zero attached hydrogens (tertiary/aromatic N) is 3. The average molecular weight is 343 g/mol. The Bertz CT molecular complexity index is 515. The van der Waals surface area contributed by atoms with Gasteiger partial charge in [-0.25, -0.2) is 13.2 Å². The fourth-order valence-corrected chi connectivity index (χ4v) is 5.55. The number of piperidine rings is 1. The second kappa shape index (κ2) is 6.97. The zero-order valence-corrected chi connectivity index (χ0v) is 14.9. The number of rotatable bonds is 1. The van der Waals surface area contributed by atoms with Crippen LogP contribution in [-0.4, -0.2) is 85.5 Å². The molecule has 3 aliphatic rings. The van der Waals surface area contributed by atoms with E-state index in [0.29, 0.717) is 23.6 Å². The molecule has 0 N–H and O–H groups in total. The van der Waals surface area contributed by atoms with E-state index in [1.165, 1.54) is 6.42 Å². The second-order valence-electron chi connectivity index (χ2n) is 7.23. The fraction of sp³-hybridized carbons (Fsp3) is 0.938. The first-order chi connectivity index (χ1) is 11.0. The minimum absolute atomic E-state index is 0.197. The van der Waals surface area contributed by atoms with Crippen molar-refractivity contribution in [1.82, 2.24) is 14.7 Å². The van der Waals surface area contributed by atoms with Crippen LogP contribution in [-0.2, 0) is 9.84 Å². The number of urea groups is 1. The van der Waals surface area contributed by atoms with Crippen molar-refractivity contribution in [3.05, 3.63) is 0 Å². The zero-order chi connectivity index (χ0) is 16.4. The third-order valence-corrected chi connectivity index (χ3v) is 7.39. The van der Waals surface area contributed by atoms with Gasteiger partial charge in [-0.05, 0) is 39.0 Å². The number of sulfone groups is 1. The van der Waals surface area contributed by atoms with Crippen molar-refractivity contribution in [1.29, 1.82) is 0 Å². The van der Waals surface area contributed by atoms with Gasteiger partial charge in [0.05, 0.1) is 11.5 Å². The molecule has 6 nitrogen and oxygen atoms in total. The zero-order valence-electron chi connectivity index (χ0n) is 14.1. The first-order valence-corrected chi connectivity index (χ1v) is 10.8. The molecule has 0 spiro atoms. The number of hydrogen-bond acceptors (Lipinski definition) is 4. The average Bonchev–Trinajstić information content (AvgIpc) is 2.55. The van der Waals surface area contributed by atoms with Gasteiger partial charge in [0.1, 0.15) is 9.84 Å². The Balaban J connectivity index is 1.49. The first kappa shape index (κ1) is 17.0. The van der Waals surface area contributed by atoms with Crippen LogP contribution in [0, 0.1) is 0 Å². The van der Waals surface area contributed by atoms with E-state index in [-0.39, 0.29) is 6.03 Å². The summed E-state index contributed by atoms with van der Waals surface area (Å²) in [4.78, 5) is 19.1. The van der Waals surface area contributed by atoms with Gasteiger partial charge in [0, 0.05) is 44.8 Å². The molecule has 2 amide bonds. The van der Waals surface area contributed by atoms with E-state index in [1.807, 2.05) is 9.80 Å². The van der Waals surface area contributed by atoms with Crippen LogP contribution < -0.4 is 0 Å². The summed E-state index contributed by atoms with van der Waals surface area (Å²) in [6.45, 7) is 6.32. The molecule has 0 radical (unpaired) electrons. The van der Waals surface area contributed by atoms with E-state index in [9.17, 15) is 13.2 Å². The smallest absolute Gasteiger partial charge is 0.320 e. The predicted molar refractivity (Wildman–Crippen MR) is 90.2 cm³/mol. The summed E-state index contributed by atoms with van der Waals surface area (Å²) < 4.78 is 23.1. The molecule has 3 fully saturated rings. The van der Waals surface area contributed by atoms with E-state index < -0.39 is 9.84 Å². The highest BCUT2D eigenvalue weighted by molar-refractivity contribution is 7.91. The quantitative estimate of drug-likeness (QED) is 0.717. The van der Waals surface area contributed by atoms with Crippen molar-refractivity contribution in [3.63, 3.8) is 0 Å². The lowest BCUT2D eigenvalue weighted by atomic mass is 10.0. The normalized spacial score (nSPS) is 30.4. The van der Waals surface area contributed by atoms with Gasteiger partial charge in [0.2, 0.25) is 0 Å². The third-order valence-electron chi connectivity index (χ3n) is 5.67. The van der Waals surface area contributed by atoms with Crippen molar-refractivity contribution in [2.24, 2.45) is 0 Å². The Morgan fingerprint density at radius 2 is 1.57 bits per heavy atom. The van der Waals surface area contributed by atoms with Crippen molar-refractivity contribution in [2.75, 3.05) is 44.2 Å². The Morgan fingerprint density at radius 1 is 0.913 bits per heavy atom. The summed E-state index contributed by atoms with van der Waals surface area (Å²) in [5.74, 6) is 0.643. The standard InChI is InChI=1S/C16H29N3O3S/c1-14-4-2-3-7-19(14)16(20)18-10-8-17(9-11-18)15-5-12-23(21,22)13-6-15/h14-15H,2-13H2,1H3. The van der Waals surface area contributed by atoms with Crippen LogP contribution in [0.4, 0.5) is 4.79 Å². The van der Waals surface area contributed by atoms with Crippen LogP contribution in [0.15, 0.2) is 0 Å².